The highest BCUT2D eigenvalue weighted by molar-refractivity contribution is 7.98. The molecule has 0 aromatic rings. The van der Waals surface area contributed by atoms with E-state index in [0.29, 0.717) is 6.04 Å². The minimum atomic E-state index is 0.202. The van der Waals surface area contributed by atoms with Crippen LogP contribution in [0.5, 0.6) is 0 Å². The van der Waals surface area contributed by atoms with Gasteiger partial charge in [-0.25, -0.2) is 4.79 Å². The van der Waals surface area contributed by atoms with Gasteiger partial charge in [-0.3, -0.25) is 0 Å². The van der Waals surface area contributed by atoms with E-state index >= 15 is 0 Å². The summed E-state index contributed by atoms with van der Waals surface area (Å²) in [6.45, 7) is 6.23. The van der Waals surface area contributed by atoms with Gasteiger partial charge < -0.3 is 9.80 Å². The third-order valence-corrected chi connectivity index (χ3v) is 4.24. The molecular weight excluding hydrogens is 220 g/mol. The standard InChI is InChI=1S/C12H24N2OS/c1-10-5-7-14(8-6-10)12(15)13(3)11(2)9-16-4/h10-11H,5-9H2,1-4H3. The van der Waals surface area contributed by atoms with E-state index in [2.05, 4.69) is 20.1 Å². The molecule has 0 radical (unpaired) electrons. The zero-order chi connectivity index (χ0) is 12.1. The van der Waals surface area contributed by atoms with Crippen LogP contribution < -0.4 is 0 Å². The van der Waals surface area contributed by atoms with Crippen molar-refractivity contribution in [3.63, 3.8) is 0 Å². The maximum atomic E-state index is 12.2. The van der Waals surface area contributed by atoms with Gasteiger partial charge in [0.1, 0.15) is 0 Å². The van der Waals surface area contributed by atoms with E-state index < -0.39 is 0 Å². The lowest BCUT2D eigenvalue weighted by Gasteiger charge is -2.35. The van der Waals surface area contributed by atoms with Crippen LogP contribution in [-0.2, 0) is 0 Å². The number of rotatable bonds is 3. The molecule has 1 rings (SSSR count). The largest absolute Gasteiger partial charge is 0.325 e. The number of piperidine rings is 1. The van der Waals surface area contributed by atoms with Gasteiger partial charge in [0.25, 0.3) is 0 Å². The Balaban J connectivity index is 2.44. The van der Waals surface area contributed by atoms with Crippen LogP contribution in [0.25, 0.3) is 0 Å². The van der Waals surface area contributed by atoms with E-state index in [9.17, 15) is 4.79 Å². The van der Waals surface area contributed by atoms with Gasteiger partial charge in [-0.1, -0.05) is 6.92 Å². The number of urea groups is 1. The second kappa shape index (κ2) is 6.38. The number of amides is 2. The van der Waals surface area contributed by atoms with E-state index in [1.165, 1.54) is 0 Å². The summed E-state index contributed by atoms with van der Waals surface area (Å²) in [6.07, 6.45) is 4.38. The lowest BCUT2D eigenvalue weighted by Crippen LogP contribution is -2.48. The van der Waals surface area contributed by atoms with Crippen LogP contribution in [0.4, 0.5) is 4.79 Å². The molecule has 16 heavy (non-hydrogen) atoms. The lowest BCUT2D eigenvalue weighted by atomic mass is 9.99. The van der Waals surface area contributed by atoms with Crippen LogP contribution in [0.2, 0.25) is 0 Å². The first-order valence-electron chi connectivity index (χ1n) is 6.07. The van der Waals surface area contributed by atoms with Crippen molar-refractivity contribution in [2.45, 2.75) is 32.7 Å². The smallest absolute Gasteiger partial charge is 0.320 e. The van der Waals surface area contributed by atoms with Crippen LogP contribution in [-0.4, -0.2) is 54.0 Å². The number of hydrogen-bond donors (Lipinski definition) is 0. The molecule has 1 unspecified atom stereocenters. The number of likely N-dealkylation sites (tertiary alicyclic amines) is 1. The number of thioether (sulfide) groups is 1. The highest BCUT2D eigenvalue weighted by atomic mass is 32.2. The van der Waals surface area contributed by atoms with Crippen molar-refractivity contribution in [3.05, 3.63) is 0 Å². The van der Waals surface area contributed by atoms with Gasteiger partial charge in [0, 0.05) is 31.9 Å². The van der Waals surface area contributed by atoms with E-state index in [4.69, 9.17) is 0 Å². The van der Waals surface area contributed by atoms with Gasteiger partial charge >= 0.3 is 6.03 Å². The Hall–Kier alpha value is -0.380. The molecule has 0 aliphatic carbocycles. The fourth-order valence-corrected chi connectivity index (χ4v) is 2.67. The van der Waals surface area contributed by atoms with Gasteiger partial charge in [-0.15, -0.1) is 0 Å². The molecule has 1 heterocycles. The second-order valence-electron chi connectivity index (χ2n) is 4.87. The van der Waals surface area contributed by atoms with Crippen LogP contribution in [0.15, 0.2) is 0 Å². The molecule has 1 fully saturated rings. The van der Waals surface area contributed by atoms with Crippen LogP contribution in [0, 0.1) is 5.92 Å². The third kappa shape index (κ3) is 3.58. The first-order valence-corrected chi connectivity index (χ1v) is 7.46. The normalized spacial score (nSPS) is 19.6. The van der Waals surface area contributed by atoms with Crippen molar-refractivity contribution < 1.29 is 4.79 Å². The van der Waals surface area contributed by atoms with E-state index in [1.54, 1.807) is 11.8 Å². The molecule has 3 nitrogen and oxygen atoms in total. The molecule has 0 bridgehead atoms. The Morgan fingerprint density at radius 1 is 1.50 bits per heavy atom. The monoisotopic (exact) mass is 244 g/mol. The number of carbonyl (C=O) groups is 1. The first-order chi connectivity index (χ1) is 7.56. The minimum Gasteiger partial charge on any atom is -0.325 e. The van der Waals surface area contributed by atoms with E-state index in [1.807, 2.05) is 16.8 Å². The van der Waals surface area contributed by atoms with Crippen LogP contribution in [0.1, 0.15) is 26.7 Å². The van der Waals surface area contributed by atoms with E-state index in [0.717, 1.165) is 37.6 Å². The molecule has 0 saturated carbocycles. The molecule has 1 saturated heterocycles. The molecule has 0 N–H and O–H groups in total. The maximum absolute atomic E-state index is 12.2. The Morgan fingerprint density at radius 3 is 2.56 bits per heavy atom. The molecule has 4 heteroatoms. The zero-order valence-electron chi connectivity index (χ0n) is 10.9. The van der Waals surface area contributed by atoms with Gasteiger partial charge in [0.15, 0.2) is 0 Å². The second-order valence-corrected chi connectivity index (χ2v) is 5.78. The highest BCUT2D eigenvalue weighted by Gasteiger charge is 2.24. The predicted octanol–water partition coefficient (Wildman–Crippen LogP) is 2.52. The Labute approximate surface area is 104 Å². The molecule has 0 aromatic heterocycles. The van der Waals surface area contributed by atoms with Crippen molar-refractivity contribution in [2.24, 2.45) is 5.92 Å². The molecule has 2 amide bonds. The fourth-order valence-electron chi connectivity index (χ4n) is 1.96. The number of carbonyl (C=O) groups excluding carboxylic acids is 1. The first kappa shape index (κ1) is 13.7. The summed E-state index contributed by atoms with van der Waals surface area (Å²) in [6, 6.07) is 0.523. The summed E-state index contributed by atoms with van der Waals surface area (Å²) in [4.78, 5) is 16.0. The van der Waals surface area contributed by atoms with Crippen LogP contribution >= 0.6 is 11.8 Å². The number of nitrogens with zero attached hydrogens (tertiary/aromatic N) is 2. The quantitative estimate of drug-likeness (QED) is 0.761. The van der Waals surface area contributed by atoms with Gasteiger partial charge in [-0.05, 0) is 31.9 Å². The van der Waals surface area contributed by atoms with Crippen LogP contribution in [0.3, 0.4) is 0 Å². The Morgan fingerprint density at radius 2 is 2.06 bits per heavy atom. The van der Waals surface area contributed by atoms with Crippen molar-refractivity contribution >= 4 is 17.8 Å². The average Bonchev–Trinajstić information content (AvgIpc) is 2.28. The zero-order valence-corrected chi connectivity index (χ0v) is 11.7. The van der Waals surface area contributed by atoms with Crippen molar-refractivity contribution in [1.82, 2.24) is 9.80 Å². The Bertz CT molecular complexity index is 223. The number of hydrogen-bond acceptors (Lipinski definition) is 2. The molecular formula is C12H24N2OS. The fraction of sp³-hybridized carbons (Fsp3) is 0.917. The molecule has 94 valence electrons. The van der Waals surface area contributed by atoms with Gasteiger partial charge in [-0.2, -0.15) is 11.8 Å². The average molecular weight is 244 g/mol. The molecule has 1 aliphatic heterocycles. The Kier molecular flexibility index (Phi) is 5.46. The molecule has 1 aliphatic rings. The SMILES string of the molecule is CSCC(C)N(C)C(=O)N1CCC(C)CC1. The van der Waals surface area contributed by atoms with Crippen molar-refractivity contribution in [1.29, 1.82) is 0 Å². The highest BCUT2D eigenvalue weighted by Crippen LogP contribution is 2.17. The van der Waals surface area contributed by atoms with Crippen molar-refractivity contribution in [3.8, 4) is 0 Å². The molecule has 0 spiro atoms. The summed E-state index contributed by atoms with van der Waals surface area (Å²) >= 11 is 1.79. The molecule has 1 atom stereocenters. The molecule has 0 aromatic carbocycles. The predicted molar refractivity (Wildman–Crippen MR) is 71.0 cm³/mol. The van der Waals surface area contributed by atoms with E-state index in [-0.39, 0.29) is 6.03 Å². The van der Waals surface area contributed by atoms with Gasteiger partial charge in [0.05, 0.1) is 0 Å². The summed E-state index contributed by atoms with van der Waals surface area (Å²) in [5.41, 5.74) is 0. The minimum absolute atomic E-state index is 0.202. The summed E-state index contributed by atoms with van der Waals surface area (Å²) in [7, 11) is 1.92. The van der Waals surface area contributed by atoms with Crippen molar-refractivity contribution in [2.75, 3.05) is 32.1 Å². The maximum Gasteiger partial charge on any atom is 0.320 e. The topological polar surface area (TPSA) is 23.6 Å². The summed E-state index contributed by atoms with van der Waals surface area (Å²) < 4.78 is 0. The lowest BCUT2D eigenvalue weighted by molar-refractivity contribution is 0.135. The summed E-state index contributed by atoms with van der Waals surface area (Å²) in [5.74, 6) is 1.78. The summed E-state index contributed by atoms with van der Waals surface area (Å²) in [5, 5.41) is 0. The third-order valence-electron chi connectivity index (χ3n) is 3.42. The van der Waals surface area contributed by atoms with Gasteiger partial charge in [0.2, 0.25) is 0 Å².